The summed E-state index contributed by atoms with van der Waals surface area (Å²) in [6.45, 7) is 6.09. The molecule has 1 aliphatic rings. The summed E-state index contributed by atoms with van der Waals surface area (Å²) in [5.74, 6) is 1.80. The Balaban J connectivity index is 2.51. The predicted molar refractivity (Wildman–Crippen MR) is 67.5 cm³/mol. The second-order valence-corrected chi connectivity index (χ2v) is 5.62. The van der Waals surface area contributed by atoms with Gasteiger partial charge in [-0.15, -0.1) is 0 Å². The summed E-state index contributed by atoms with van der Waals surface area (Å²) in [5, 5.41) is 0. The monoisotopic (exact) mass is 295 g/mol. The van der Waals surface area contributed by atoms with Gasteiger partial charge in [0.2, 0.25) is 0 Å². The minimum absolute atomic E-state index is 0.837. The summed E-state index contributed by atoms with van der Waals surface area (Å²) >= 11 is 2.47. The van der Waals surface area contributed by atoms with Crippen LogP contribution < -0.4 is 0 Å². The number of hydrogen-bond acceptors (Lipinski definition) is 1. The van der Waals surface area contributed by atoms with Crippen molar-refractivity contribution in [1.29, 1.82) is 0 Å². The molecule has 1 nitrogen and oxygen atoms in total. The molecule has 0 saturated heterocycles. The van der Waals surface area contributed by atoms with Gasteiger partial charge in [-0.25, -0.2) is 0 Å². The largest absolute Gasteiger partial charge is 0.302 e. The highest BCUT2D eigenvalue weighted by Crippen LogP contribution is 2.31. The molecule has 1 fully saturated rings. The molecule has 2 atom stereocenters. The van der Waals surface area contributed by atoms with Crippen molar-refractivity contribution in [3.8, 4) is 0 Å². The lowest BCUT2D eigenvalue weighted by Crippen LogP contribution is -2.44. The SMILES string of the molecule is CC1CCCC(C)C1N(C)CCI. The molecule has 0 heterocycles. The molecule has 1 rings (SSSR count). The van der Waals surface area contributed by atoms with Crippen LogP contribution in [0.25, 0.3) is 0 Å². The molecule has 1 aliphatic carbocycles. The van der Waals surface area contributed by atoms with E-state index in [0.717, 1.165) is 17.9 Å². The maximum Gasteiger partial charge on any atom is 0.0144 e. The van der Waals surface area contributed by atoms with Crippen molar-refractivity contribution in [2.24, 2.45) is 11.8 Å². The average Bonchev–Trinajstić information content (AvgIpc) is 2.04. The summed E-state index contributed by atoms with van der Waals surface area (Å²) < 4.78 is 1.25. The first-order chi connectivity index (χ1) is 6.16. The van der Waals surface area contributed by atoms with Crippen LogP contribution in [0, 0.1) is 11.8 Å². The lowest BCUT2D eigenvalue weighted by Gasteiger charge is -2.40. The third-order valence-electron chi connectivity index (χ3n) is 3.43. The first-order valence-electron chi connectivity index (χ1n) is 5.43. The standard InChI is InChI=1S/C11H22IN/c1-9-5-4-6-10(2)11(9)13(3)8-7-12/h9-11H,4-8H2,1-3H3. The van der Waals surface area contributed by atoms with E-state index in [2.05, 4.69) is 48.4 Å². The zero-order valence-electron chi connectivity index (χ0n) is 9.09. The second kappa shape index (κ2) is 5.54. The van der Waals surface area contributed by atoms with Gasteiger partial charge in [-0.1, -0.05) is 42.9 Å². The highest BCUT2D eigenvalue weighted by atomic mass is 127. The molecule has 2 unspecified atom stereocenters. The van der Waals surface area contributed by atoms with Gasteiger partial charge in [0, 0.05) is 17.0 Å². The van der Waals surface area contributed by atoms with Crippen LogP contribution in [0.2, 0.25) is 0 Å². The molecule has 0 bridgehead atoms. The minimum Gasteiger partial charge on any atom is -0.302 e. The van der Waals surface area contributed by atoms with Crippen molar-refractivity contribution < 1.29 is 0 Å². The Labute approximate surface area is 96.4 Å². The molecule has 0 aromatic heterocycles. The summed E-state index contributed by atoms with van der Waals surface area (Å²) in [4.78, 5) is 2.57. The fraction of sp³-hybridized carbons (Fsp3) is 1.00. The van der Waals surface area contributed by atoms with E-state index in [1.54, 1.807) is 0 Å². The van der Waals surface area contributed by atoms with Gasteiger partial charge < -0.3 is 4.90 Å². The Bertz CT molecular complexity index is 139. The van der Waals surface area contributed by atoms with Crippen LogP contribution in [0.4, 0.5) is 0 Å². The maximum absolute atomic E-state index is 2.57. The van der Waals surface area contributed by atoms with Gasteiger partial charge in [0.05, 0.1) is 0 Å². The van der Waals surface area contributed by atoms with Crippen molar-refractivity contribution in [2.75, 3.05) is 18.0 Å². The Kier molecular flexibility index (Phi) is 5.01. The topological polar surface area (TPSA) is 3.24 Å². The van der Waals surface area contributed by atoms with Gasteiger partial charge in [0.1, 0.15) is 0 Å². The van der Waals surface area contributed by atoms with Crippen LogP contribution in [0.15, 0.2) is 0 Å². The van der Waals surface area contributed by atoms with Crippen LogP contribution in [-0.2, 0) is 0 Å². The Morgan fingerprint density at radius 2 is 1.77 bits per heavy atom. The first-order valence-corrected chi connectivity index (χ1v) is 6.95. The number of rotatable bonds is 3. The highest BCUT2D eigenvalue weighted by Gasteiger charge is 2.30. The molecular weight excluding hydrogens is 273 g/mol. The first kappa shape index (κ1) is 11.8. The van der Waals surface area contributed by atoms with Crippen LogP contribution in [0.1, 0.15) is 33.1 Å². The van der Waals surface area contributed by atoms with Gasteiger partial charge >= 0.3 is 0 Å². The van der Waals surface area contributed by atoms with E-state index >= 15 is 0 Å². The molecule has 2 heteroatoms. The molecule has 0 spiro atoms. The summed E-state index contributed by atoms with van der Waals surface area (Å²) in [6.07, 6.45) is 4.30. The Morgan fingerprint density at radius 1 is 1.23 bits per heavy atom. The third-order valence-corrected chi connectivity index (χ3v) is 3.91. The summed E-state index contributed by atoms with van der Waals surface area (Å²) in [7, 11) is 2.29. The third kappa shape index (κ3) is 3.08. The number of alkyl halides is 1. The molecule has 0 aliphatic heterocycles. The second-order valence-electron chi connectivity index (χ2n) is 4.55. The van der Waals surface area contributed by atoms with E-state index < -0.39 is 0 Å². The highest BCUT2D eigenvalue weighted by molar-refractivity contribution is 14.1. The van der Waals surface area contributed by atoms with E-state index in [1.807, 2.05) is 0 Å². The average molecular weight is 295 g/mol. The van der Waals surface area contributed by atoms with E-state index in [9.17, 15) is 0 Å². The van der Waals surface area contributed by atoms with Crippen LogP contribution in [0.5, 0.6) is 0 Å². The van der Waals surface area contributed by atoms with Gasteiger partial charge in [-0.05, 0) is 31.7 Å². The Morgan fingerprint density at radius 3 is 2.23 bits per heavy atom. The van der Waals surface area contributed by atoms with Gasteiger partial charge in [-0.2, -0.15) is 0 Å². The molecule has 0 aromatic rings. The lowest BCUT2D eigenvalue weighted by atomic mass is 9.78. The number of halogens is 1. The Hall–Kier alpha value is 0.690. The molecular formula is C11H22IN. The van der Waals surface area contributed by atoms with Gasteiger partial charge in [0.25, 0.3) is 0 Å². The van der Waals surface area contributed by atoms with Crippen molar-refractivity contribution >= 4 is 22.6 Å². The lowest BCUT2D eigenvalue weighted by molar-refractivity contribution is 0.0976. The van der Waals surface area contributed by atoms with E-state index in [1.165, 1.54) is 30.2 Å². The van der Waals surface area contributed by atoms with Gasteiger partial charge in [0.15, 0.2) is 0 Å². The van der Waals surface area contributed by atoms with Crippen LogP contribution in [-0.4, -0.2) is 29.0 Å². The summed E-state index contributed by atoms with van der Waals surface area (Å²) in [5.41, 5.74) is 0. The molecule has 0 aromatic carbocycles. The van der Waals surface area contributed by atoms with Crippen LogP contribution >= 0.6 is 22.6 Å². The van der Waals surface area contributed by atoms with Gasteiger partial charge in [-0.3, -0.25) is 0 Å². The van der Waals surface area contributed by atoms with E-state index in [4.69, 9.17) is 0 Å². The quantitative estimate of drug-likeness (QED) is 0.571. The maximum atomic E-state index is 2.57. The van der Waals surface area contributed by atoms with Crippen molar-refractivity contribution in [2.45, 2.75) is 39.2 Å². The van der Waals surface area contributed by atoms with Crippen molar-refractivity contribution in [3.63, 3.8) is 0 Å². The fourth-order valence-corrected chi connectivity index (χ4v) is 3.58. The number of nitrogens with zero attached hydrogens (tertiary/aromatic N) is 1. The minimum atomic E-state index is 0.837. The zero-order valence-corrected chi connectivity index (χ0v) is 11.3. The zero-order chi connectivity index (χ0) is 9.84. The van der Waals surface area contributed by atoms with Crippen molar-refractivity contribution in [3.05, 3.63) is 0 Å². The van der Waals surface area contributed by atoms with Crippen LogP contribution in [0.3, 0.4) is 0 Å². The smallest absolute Gasteiger partial charge is 0.0144 e. The molecule has 0 radical (unpaired) electrons. The fourth-order valence-electron chi connectivity index (χ4n) is 2.82. The van der Waals surface area contributed by atoms with Crippen molar-refractivity contribution in [1.82, 2.24) is 4.90 Å². The molecule has 0 amide bonds. The van der Waals surface area contributed by atoms with E-state index in [0.29, 0.717) is 0 Å². The number of hydrogen-bond donors (Lipinski definition) is 0. The van der Waals surface area contributed by atoms with E-state index in [-0.39, 0.29) is 0 Å². The molecule has 78 valence electrons. The molecule has 13 heavy (non-hydrogen) atoms. The molecule has 0 N–H and O–H groups in total. The normalized spacial score (nSPS) is 35.3. The predicted octanol–water partition coefficient (Wildman–Crippen LogP) is 3.18. The molecule has 1 saturated carbocycles. The summed E-state index contributed by atoms with van der Waals surface area (Å²) in [6, 6.07) is 0.837.